The van der Waals surface area contributed by atoms with Crippen LogP contribution >= 0.6 is 0 Å². The van der Waals surface area contributed by atoms with Crippen LogP contribution in [0, 0.1) is 0 Å². The zero-order chi connectivity index (χ0) is 20.3. The zero-order valence-electron chi connectivity index (χ0n) is 15.0. The fraction of sp³-hybridized carbons (Fsp3) is 0.333. The molecule has 148 valence electrons. The number of hydrogen-bond acceptors (Lipinski definition) is 7. The first-order valence-corrected chi connectivity index (χ1v) is 8.85. The highest BCUT2D eigenvalue weighted by atomic mass is 16.5. The van der Waals surface area contributed by atoms with Gasteiger partial charge in [0, 0.05) is 31.4 Å². The number of aromatic carboxylic acids is 1. The molecule has 1 aromatic carbocycles. The van der Waals surface area contributed by atoms with Gasteiger partial charge in [-0.1, -0.05) is 12.1 Å². The lowest BCUT2D eigenvalue weighted by Gasteiger charge is -2.39. The van der Waals surface area contributed by atoms with Gasteiger partial charge in [-0.3, -0.25) is 9.69 Å². The minimum atomic E-state index is -1.54. The van der Waals surface area contributed by atoms with Crippen molar-refractivity contribution in [3.63, 3.8) is 0 Å². The Hall–Kier alpha value is -2.82. The maximum absolute atomic E-state index is 11.7. The van der Waals surface area contributed by atoms with Gasteiger partial charge in [0.25, 0.3) is 5.56 Å². The smallest absolute Gasteiger partial charge is 0.451 e. The summed E-state index contributed by atoms with van der Waals surface area (Å²) in [6.45, 7) is 1.51. The van der Waals surface area contributed by atoms with Gasteiger partial charge >= 0.3 is 13.1 Å². The number of aryl methyl sites for hydroxylation is 1. The first kappa shape index (κ1) is 19.9. The van der Waals surface area contributed by atoms with E-state index in [1.807, 2.05) is 4.90 Å². The van der Waals surface area contributed by atoms with Gasteiger partial charge < -0.3 is 30.0 Å². The third-order valence-corrected chi connectivity index (χ3v) is 4.62. The Kier molecular flexibility index (Phi) is 6.03. The van der Waals surface area contributed by atoms with Gasteiger partial charge in [0.2, 0.25) is 0 Å². The number of ether oxygens (including phenoxy) is 1. The number of pyridine rings is 1. The Bertz CT molecular complexity index is 909. The molecule has 2 heterocycles. The van der Waals surface area contributed by atoms with Crippen LogP contribution in [0.1, 0.15) is 21.5 Å². The molecule has 1 saturated heterocycles. The number of H-pyrrole nitrogens is 1. The molecule has 1 aromatic heterocycles. The Morgan fingerprint density at radius 3 is 2.64 bits per heavy atom. The van der Waals surface area contributed by atoms with Crippen LogP contribution in [0.2, 0.25) is 6.32 Å². The number of carboxylic acid groups (broad SMARTS) is 1. The fourth-order valence-electron chi connectivity index (χ4n) is 3.13. The van der Waals surface area contributed by atoms with Crippen molar-refractivity contribution in [3.05, 3.63) is 57.5 Å². The second-order valence-corrected chi connectivity index (χ2v) is 6.73. The number of likely N-dealkylation sites (tertiary alicyclic amines) is 1. The Morgan fingerprint density at radius 1 is 1.25 bits per heavy atom. The molecule has 10 heteroatoms. The molecule has 0 spiro atoms. The molecule has 0 saturated carbocycles. The SMILES string of the molecule is O=C(O)c1c(OC2CN(Cc3ccc[nH]c3=O)C2)ccc(CCB(O)O)c1O. The van der Waals surface area contributed by atoms with Crippen molar-refractivity contribution in [2.24, 2.45) is 0 Å². The average Bonchev–Trinajstić information content (AvgIpc) is 2.60. The lowest BCUT2D eigenvalue weighted by atomic mass is 9.82. The molecule has 1 fully saturated rings. The predicted molar refractivity (Wildman–Crippen MR) is 101 cm³/mol. The molecule has 0 atom stereocenters. The number of phenols is 1. The normalized spacial score (nSPS) is 14.5. The van der Waals surface area contributed by atoms with Crippen LogP contribution in [0.15, 0.2) is 35.3 Å². The molecule has 9 nitrogen and oxygen atoms in total. The van der Waals surface area contributed by atoms with E-state index in [0.717, 1.165) is 0 Å². The van der Waals surface area contributed by atoms with Gasteiger partial charge in [0.1, 0.15) is 23.2 Å². The van der Waals surface area contributed by atoms with Gasteiger partial charge in [-0.2, -0.15) is 0 Å². The Morgan fingerprint density at radius 2 is 2.00 bits per heavy atom. The summed E-state index contributed by atoms with van der Waals surface area (Å²) in [6, 6.07) is 6.48. The number of aromatic amines is 1. The highest BCUT2D eigenvalue weighted by molar-refractivity contribution is 6.41. The standard InChI is InChI=1S/C18H21BN2O7/c22-16-11(5-6-19(26)27)3-4-14(15(16)18(24)25)28-13-9-21(10-13)8-12-2-1-7-20-17(12)23/h1-4,7,13,22,26-27H,5-6,8-10H2,(H,20,23)(H,24,25). The molecule has 2 aromatic rings. The summed E-state index contributed by atoms with van der Waals surface area (Å²) >= 11 is 0. The summed E-state index contributed by atoms with van der Waals surface area (Å²) < 4.78 is 5.74. The first-order valence-electron chi connectivity index (χ1n) is 8.85. The maximum Gasteiger partial charge on any atom is 0.451 e. The van der Waals surface area contributed by atoms with Gasteiger partial charge in [-0.15, -0.1) is 0 Å². The monoisotopic (exact) mass is 388 g/mol. The fourth-order valence-corrected chi connectivity index (χ4v) is 3.13. The van der Waals surface area contributed by atoms with Crippen LogP contribution in [-0.2, 0) is 13.0 Å². The Labute approximate surface area is 161 Å². The minimum absolute atomic E-state index is 0.0248. The molecule has 1 aliphatic rings. The zero-order valence-corrected chi connectivity index (χ0v) is 15.0. The van der Waals surface area contributed by atoms with Crippen LogP contribution in [0.5, 0.6) is 11.5 Å². The molecule has 0 unspecified atom stereocenters. The molecule has 3 rings (SSSR count). The second kappa shape index (κ2) is 8.47. The summed E-state index contributed by atoms with van der Waals surface area (Å²) in [6.07, 6.45) is 1.40. The van der Waals surface area contributed by atoms with Crippen LogP contribution in [-0.4, -0.2) is 62.4 Å². The van der Waals surface area contributed by atoms with Crippen LogP contribution in [0.4, 0.5) is 0 Å². The predicted octanol–water partition coefficient (Wildman–Crippen LogP) is 0.0572. The molecular formula is C18H21BN2O7. The van der Waals surface area contributed by atoms with E-state index in [1.165, 1.54) is 12.1 Å². The number of hydrogen-bond donors (Lipinski definition) is 5. The summed E-state index contributed by atoms with van der Waals surface area (Å²) in [4.78, 5) is 27.9. The van der Waals surface area contributed by atoms with E-state index in [4.69, 9.17) is 14.8 Å². The summed E-state index contributed by atoms with van der Waals surface area (Å²) in [7, 11) is -1.54. The second-order valence-electron chi connectivity index (χ2n) is 6.73. The quantitative estimate of drug-likeness (QED) is 0.400. The average molecular weight is 388 g/mol. The van der Waals surface area contributed by atoms with Crippen LogP contribution in [0.3, 0.4) is 0 Å². The van der Waals surface area contributed by atoms with Crippen molar-refractivity contribution < 1.29 is 29.8 Å². The number of carbonyl (C=O) groups is 1. The van der Waals surface area contributed by atoms with Gasteiger partial charge in [0.05, 0.1) is 0 Å². The van der Waals surface area contributed by atoms with Crippen molar-refractivity contribution in [2.45, 2.75) is 25.4 Å². The van der Waals surface area contributed by atoms with E-state index in [1.54, 1.807) is 18.3 Å². The molecule has 0 aliphatic carbocycles. The lowest BCUT2D eigenvalue weighted by molar-refractivity contribution is 0.0132. The van der Waals surface area contributed by atoms with Crippen molar-refractivity contribution in [2.75, 3.05) is 13.1 Å². The lowest BCUT2D eigenvalue weighted by Crippen LogP contribution is -2.53. The highest BCUT2D eigenvalue weighted by Crippen LogP contribution is 2.34. The molecule has 1 aliphatic heterocycles. The Balaban J connectivity index is 1.65. The van der Waals surface area contributed by atoms with E-state index in [0.29, 0.717) is 30.8 Å². The van der Waals surface area contributed by atoms with Crippen molar-refractivity contribution in [1.29, 1.82) is 0 Å². The molecule has 0 amide bonds. The summed E-state index contributed by atoms with van der Waals surface area (Å²) in [5.41, 5.74) is 0.452. The molecule has 5 N–H and O–H groups in total. The summed E-state index contributed by atoms with van der Waals surface area (Å²) in [5, 5.41) is 37.6. The van der Waals surface area contributed by atoms with Crippen molar-refractivity contribution in [1.82, 2.24) is 9.88 Å². The summed E-state index contributed by atoms with van der Waals surface area (Å²) in [5.74, 6) is -1.70. The molecule has 0 bridgehead atoms. The minimum Gasteiger partial charge on any atom is -0.507 e. The number of benzene rings is 1. The number of aromatic nitrogens is 1. The number of nitrogens with zero attached hydrogens (tertiary/aromatic N) is 1. The van der Waals surface area contributed by atoms with E-state index in [2.05, 4.69) is 4.98 Å². The number of nitrogens with one attached hydrogen (secondary N) is 1. The highest BCUT2D eigenvalue weighted by Gasteiger charge is 2.31. The number of carboxylic acids is 1. The van der Waals surface area contributed by atoms with Crippen molar-refractivity contribution in [3.8, 4) is 11.5 Å². The van der Waals surface area contributed by atoms with Crippen LogP contribution < -0.4 is 10.3 Å². The van der Waals surface area contributed by atoms with Gasteiger partial charge in [-0.25, -0.2) is 4.79 Å². The van der Waals surface area contributed by atoms with Gasteiger partial charge in [0.15, 0.2) is 0 Å². The first-order chi connectivity index (χ1) is 13.3. The van der Waals surface area contributed by atoms with Gasteiger partial charge in [-0.05, 0) is 30.4 Å². The number of aromatic hydroxyl groups is 1. The largest absolute Gasteiger partial charge is 0.507 e. The maximum atomic E-state index is 11.7. The van der Waals surface area contributed by atoms with E-state index in [9.17, 15) is 19.8 Å². The topological polar surface area (TPSA) is 143 Å². The van der Waals surface area contributed by atoms with E-state index in [-0.39, 0.29) is 35.7 Å². The molecular weight excluding hydrogens is 367 g/mol. The third kappa shape index (κ3) is 4.53. The van der Waals surface area contributed by atoms with E-state index >= 15 is 0 Å². The molecule has 28 heavy (non-hydrogen) atoms. The van der Waals surface area contributed by atoms with Crippen LogP contribution in [0.25, 0.3) is 0 Å². The van der Waals surface area contributed by atoms with E-state index < -0.39 is 18.8 Å². The van der Waals surface area contributed by atoms with Crippen molar-refractivity contribution >= 4 is 13.1 Å². The third-order valence-electron chi connectivity index (χ3n) is 4.62. The number of rotatable bonds is 8. The molecule has 0 radical (unpaired) electrons.